The van der Waals surface area contributed by atoms with Gasteiger partial charge in [-0.05, 0) is 41.3 Å². The fraction of sp³-hybridized carbons (Fsp3) is 0.400. The average Bonchev–Trinajstić information content (AvgIpc) is 3.10. The lowest BCUT2D eigenvalue weighted by atomic mass is 9.77. The molecule has 5 heteroatoms. The summed E-state index contributed by atoms with van der Waals surface area (Å²) in [6.45, 7) is 4.41. The summed E-state index contributed by atoms with van der Waals surface area (Å²) in [5.74, 6) is 2.86. The number of phenols is 1. The van der Waals surface area contributed by atoms with E-state index in [4.69, 9.17) is 14.2 Å². The van der Waals surface area contributed by atoms with Crippen LogP contribution in [0.1, 0.15) is 41.1 Å². The van der Waals surface area contributed by atoms with E-state index in [1.807, 2.05) is 18.2 Å². The molecule has 3 aliphatic rings. The van der Waals surface area contributed by atoms with Gasteiger partial charge in [-0.15, -0.1) is 0 Å². The highest BCUT2D eigenvalue weighted by Crippen LogP contribution is 2.51. The van der Waals surface area contributed by atoms with Crippen LogP contribution >= 0.6 is 0 Å². The van der Waals surface area contributed by atoms with Gasteiger partial charge < -0.3 is 19.3 Å². The molecular formula is C20H21NO4. The van der Waals surface area contributed by atoms with Gasteiger partial charge in [0.15, 0.2) is 23.0 Å². The number of ether oxygens (including phenoxy) is 3. The predicted molar refractivity (Wildman–Crippen MR) is 92.5 cm³/mol. The van der Waals surface area contributed by atoms with Crippen molar-refractivity contribution in [3.05, 3.63) is 46.5 Å². The Bertz CT molecular complexity index is 863. The van der Waals surface area contributed by atoms with Crippen LogP contribution < -0.4 is 14.2 Å². The zero-order valence-electron chi connectivity index (χ0n) is 14.4. The molecule has 2 aromatic carbocycles. The number of fused-ring (bicyclic) bond motifs is 6. The lowest BCUT2D eigenvalue weighted by Gasteiger charge is -2.45. The van der Waals surface area contributed by atoms with E-state index in [0.29, 0.717) is 18.5 Å². The highest BCUT2D eigenvalue weighted by molar-refractivity contribution is 5.56. The van der Waals surface area contributed by atoms with Crippen LogP contribution in [0.4, 0.5) is 0 Å². The van der Waals surface area contributed by atoms with E-state index in [9.17, 15) is 5.11 Å². The molecule has 5 rings (SSSR count). The minimum atomic E-state index is 0.224. The number of methoxy groups -OCH3 is 1. The van der Waals surface area contributed by atoms with E-state index in [2.05, 4.69) is 17.9 Å². The molecule has 0 spiro atoms. The lowest BCUT2D eigenvalue weighted by Crippen LogP contribution is -2.41. The number of nitrogens with zero attached hydrogens (tertiary/aromatic N) is 1. The second-order valence-corrected chi connectivity index (χ2v) is 7.04. The Morgan fingerprint density at radius 2 is 2.08 bits per heavy atom. The Hall–Kier alpha value is -2.40. The van der Waals surface area contributed by atoms with E-state index in [0.717, 1.165) is 31.0 Å². The van der Waals surface area contributed by atoms with Crippen LogP contribution in [0.15, 0.2) is 24.3 Å². The predicted octanol–water partition coefficient (Wildman–Crippen LogP) is 3.35. The van der Waals surface area contributed by atoms with Crippen LogP contribution in [0.2, 0.25) is 0 Å². The first-order valence-electron chi connectivity index (χ1n) is 8.72. The van der Waals surface area contributed by atoms with Gasteiger partial charge in [-0.2, -0.15) is 0 Å². The second-order valence-electron chi connectivity index (χ2n) is 7.04. The maximum absolute atomic E-state index is 10.1. The summed E-state index contributed by atoms with van der Waals surface area (Å²) in [7, 11) is 1.60. The van der Waals surface area contributed by atoms with Crippen molar-refractivity contribution in [3.63, 3.8) is 0 Å². The van der Waals surface area contributed by atoms with Gasteiger partial charge in [-0.1, -0.05) is 13.0 Å². The zero-order valence-corrected chi connectivity index (χ0v) is 14.4. The van der Waals surface area contributed by atoms with Crippen LogP contribution in [-0.2, 0) is 13.0 Å². The molecule has 3 aliphatic heterocycles. The molecule has 0 saturated carbocycles. The molecule has 0 bridgehead atoms. The molecule has 0 amide bonds. The SMILES string of the molecule is COc1cc2c(cc1O)CCN1Cc3c(ccc4c3OCO4)[C@@H](C)[C@@H]21. The first kappa shape index (κ1) is 14.9. The van der Waals surface area contributed by atoms with Crippen molar-refractivity contribution in [3.8, 4) is 23.0 Å². The monoisotopic (exact) mass is 339 g/mol. The van der Waals surface area contributed by atoms with Crippen molar-refractivity contribution in [1.29, 1.82) is 0 Å². The van der Waals surface area contributed by atoms with E-state index >= 15 is 0 Å². The standard InChI is InChI=1S/C20H21NO4/c1-11-13-3-4-17-20(25-10-24-17)15(13)9-21-6-5-12-7-16(22)18(23-2)8-14(12)19(11)21/h3-4,7-8,11,19,22H,5-6,9-10H2,1-2H3/t11-,19+/m1/s1. The topological polar surface area (TPSA) is 51.2 Å². The lowest BCUT2D eigenvalue weighted by molar-refractivity contribution is 0.133. The van der Waals surface area contributed by atoms with Gasteiger partial charge in [-0.3, -0.25) is 4.90 Å². The van der Waals surface area contributed by atoms with Crippen molar-refractivity contribution in [1.82, 2.24) is 4.90 Å². The second kappa shape index (κ2) is 5.30. The Kier molecular flexibility index (Phi) is 3.16. The molecular weight excluding hydrogens is 318 g/mol. The maximum Gasteiger partial charge on any atom is 0.231 e. The molecule has 5 nitrogen and oxygen atoms in total. The van der Waals surface area contributed by atoms with Crippen molar-refractivity contribution in [2.75, 3.05) is 20.4 Å². The number of hydrogen-bond donors (Lipinski definition) is 1. The van der Waals surface area contributed by atoms with Crippen LogP contribution in [0.5, 0.6) is 23.0 Å². The molecule has 0 fully saturated rings. The van der Waals surface area contributed by atoms with Gasteiger partial charge in [0.2, 0.25) is 6.79 Å². The smallest absolute Gasteiger partial charge is 0.231 e. The largest absolute Gasteiger partial charge is 0.504 e. The third kappa shape index (κ3) is 2.05. The summed E-state index contributed by atoms with van der Waals surface area (Å²) in [6.07, 6.45) is 0.928. The Labute approximate surface area is 146 Å². The van der Waals surface area contributed by atoms with Crippen molar-refractivity contribution >= 4 is 0 Å². The Morgan fingerprint density at radius 3 is 2.92 bits per heavy atom. The third-order valence-electron chi connectivity index (χ3n) is 5.82. The molecule has 0 saturated heterocycles. The average molecular weight is 339 g/mol. The number of phenolic OH excluding ortho intramolecular Hbond substituents is 1. The van der Waals surface area contributed by atoms with Gasteiger partial charge in [0.05, 0.1) is 7.11 Å². The number of hydrogen-bond acceptors (Lipinski definition) is 5. The molecule has 1 N–H and O–H groups in total. The van der Waals surface area contributed by atoms with E-state index in [-0.39, 0.29) is 11.8 Å². The highest BCUT2D eigenvalue weighted by atomic mass is 16.7. The minimum absolute atomic E-state index is 0.224. The zero-order chi connectivity index (χ0) is 17.1. The molecule has 0 aromatic heterocycles. The van der Waals surface area contributed by atoms with Gasteiger partial charge in [0, 0.05) is 30.6 Å². The van der Waals surface area contributed by atoms with Crippen LogP contribution in [0, 0.1) is 0 Å². The van der Waals surface area contributed by atoms with Crippen molar-refractivity contribution in [2.24, 2.45) is 0 Å². The number of rotatable bonds is 1. The third-order valence-corrected chi connectivity index (χ3v) is 5.82. The molecule has 0 unspecified atom stereocenters. The summed E-state index contributed by atoms with van der Waals surface area (Å²) in [5, 5.41) is 10.1. The molecule has 130 valence electrons. The molecule has 25 heavy (non-hydrogen) atoms. The van der Waals surface area contributed by atoms with Crippen LogP contribution in [0.25, 0.3) is 0 Å². The Balaban J connectivity index is 1.63. The van der Waals surface area contributed by atoms with Gasteiger partial charge in [0.25, 0.3) is 0 Å². The van der Waals surface area contributed by atoms with Crippen LogP contribution in [0.3, 0.4) is 0 Å². The quantitative estimate of drug-likeness (QED) is 0.863. The van der Waals surface area contributed by atoms with E-state index in [1.165, 1.54) is 22.3 Å². The highest BCUT2D eigenvalue weighted by Gasteiger charge is 2.40. The van der Waals surface area contributed by atoms with Crippen molar-refractivity contribution in [2.45, 2.75) is 31.8 Å². The summed E-state index contributed by atoms with van der Waals surface area (Å²) < 4.78 is 16.6. The fourth-order valence-corrected chi connectivity index (χ4v) is 4.65. The molecule has 2 aromatic rings. The van der Waals surface area contributed by atoms with Gasteiger partial charge in [-0.25, -0.2) is 0 Å². The number of aromatic hydroxyl groups is 1. The minimum Gasteiger partial charge on any atom is -0.504 e. The normalized spacial score (nSPS) is 23.6. The van der Waals surface area contributed by atoms with Crippen molar-refractivity contribution < 1.29 is 19.3 Å². The number of benzene rings is 2. The summed E-state index contributed by atoms with van der Waals surface area (Å²) in [4.78, 5) is 2.51. The van der Waals surface area contributed by atoms with Gasteiger partial charge in [0.1, 0.15) is 0 Å². The Morgan fingerprint density at radius 1 is 1.20 bits per heavy atom. The summed E-state index contributed by atoms with van der Waals surface area (Å²) in [5.41, 5.74) is 5.06. The molecule has 0 aliphatic carbocycles. The van der Waals surface area contributed by atoms with Gasteiger partial charge >= 0.3 is 0 Å². The summed E-state index contributed by atoms with van der Waals surface area (Å²) in [6, 6.07) is 8.36. The van der Waals surface area contributed by atoms with E-state index < -0.39 is 0 Å². The first-order chi connectivity index (χ1) is 12.2. The summed E-state index contributed by atoms with van der Waals surface area (Å²) >= 11 is 0. The van der Waals surface area contributed by atoms with E-state index in [1.54, 1.807) is 7.11 Å². The molecule has 3 heterocycles. The van der Waals surface area contributed by atoms with Crippen LogP contribution in [-0.4, -0.2) is 30.5 Å². The fourth-order valence-electron chi connectivity index (χ4n) is 4.65. The first-order valence-corrected chi connectivity index (χ1v) is 8.72. The molecule has 2 atom stereocenters. The maximum atomic E-state index is 10.1. The molecule has 0 radical (unpaired) electrons.